The molecule has 1 aliphatic heterocycles. The summed E-state index contributed by atoms with van der Waals surface area (Å²) in [5, 5.41) is 29.0. The van der Waals surface area contributed by atoms with Crippen molar-refractivity contribution in [1.29, 1.82) is 5.26 Å². The van der Waals surface area contributed by atoms with Crippen molar-refractivity contribution >= 4 is 35.0 Å². The topological polar surface area (TPSA) is 111 Å². The number of ether oxygens (including phenoxy) is 1. The normalized spacial score (nSPS) is 26.9. The minimum Gasteiger partial charge on any atom is -0.466 e. The number of carbonyl (C=O) groups is 2. The van der Waals surface area contributed by atoms with E-state index in [4.69, 9.17) is 4.74 Å². The molecule has 0 radical (unpaired) electrons. The molecule has 7 nitrogen and oxygen atoms in total. The largest absolute Gasteiger partial charge is 0.466 e. The standard InChI is InChI=1S/C19H23N3O4S2/c1-3-26-18(24)16-15(13-5-4-8-27-13)12(9-20)17(22-19(16,2)25)28-10-14(23)21-11-6-7-11/h4-5,8,11,15-16,22,25H,3,6-7,10H2,1-2H3,(H,21,23)/t15-,16+,19-/m1/s1. The lowest BCUT2D eigenvalue weighted by Crippen LogP contribution is -2.57. The summed E-state index contributed by atoms with van der Waals surface area (Å²) < 4.78 is 5.19. The van der Waals surface area contributed by atoms with Crippen molar-refractivity contribution in [2.45, 2.75) is 44.4 Å². The number of aliphatic hydroxyl groups is 1. The lowest BCUT2D eigenvalue weighted by Gasteiger charge is -2.42. The molecule has 3 atom stereocenters. The van der Waals surface area contributed by atoms with Crippen LogP contribution in [0.5, 0.6) is 0 Å². The maximum atomic E-state index is 12.7. The summed E-state index contributed by atoms with van der Waals surface area (Å²) in [7, 11) is 0. The number of rotatable bonds is 7. The van der Waals surface area contributed by atoms with Gasteiger partial charge in [-0.05, 0) is 38.1 Å². The SMILES string of the molecule is CCOC(=O)[C@@H]1[C@@H](c2cccs2)C(C#N)=C(SCC(=O)NC2CC2)N[C@]1(C)O. The Morgan fingerprint density at radius 3 is 2.86 bits per heavy atom. The summed E-state index contributed by atoms with van der Waals surface area (Å²) in [6.07, 6.45) is 1.99. The molecular weight excluding hydrogens is 398 g/mol. The molecule has 9 heteroatoms. The van der Waals surface area contributed by atoms with Gasteiger partial charge < -0.3 is 20.5 Å². The highest BCUT2D eigenvalue weighted by Crippen LogP contribution is 2.46. The van der Waals surface area contributed by atoms with Crippen LogP contribution < -0.4 is 10.6 Å². The maximum absolute atomic E-state index is 12.7. The van der Waals surface area contributed by atoms with Crippen LogP contribution in [0.1, 0.15) is 37.5 Å². The molecule has 1 aromatic heterocycles. The van der Waals surface area contributed by atoms with Gasteiger partial charge in [0, 0.05) is 16.8 Å². The summed E-state index contributed by atoms with van der Waals surface area (Å²) >= 11 is 2.58. The van der Waals surface area contributed by atoms with Gasteiger partial charge in [0.25, 0.3) is 0 Å². The highest BCUT2D eigenvalue weighted by atomic mass is 32.2. The van der Waals surface area contributed by atoms with Crippen LogP contribution in [0.25, 0.3) is 0 Å². The summed E-state index contributed by atoms with van der Waals surface area (Å²) in [5.41, 5.74) is -1.30. The fourth-order valence-corrected chi connectivity index (χ4v) is 5.09. The van der Waals surface area contributed by atoms with Crippen molar-refractivity contribution in [3.63, 3.8) is 0 Å². The highest BCUT2D eigenvalue weighted by molar-refractivity contribution is 8.03. The third-order valence-electron chi connectivity index (χ3n) is 4.66. The molecule has 150 valence electrons. The first-order valence-corrected chi connectivity index (χ1v) is 11.0. The fourth-order valence-electron chi connectivity index (χ4n) is 3.25. The molecule has 3 rings (SSSR count). The fraction of sp³-hybridized carbons (Fsp3) is 0.526. The van der Waals surface area contributed by atoms with Crippen molar-refractivity contribution in [3.05, 3.63) is 33.0 Å². The van der Waals surface area contributed by atoms with Gasteiger partial charge in [-0.2, -0.15) is 5.26 Å². The molecule has 1 aromatic rings. The number of nitrogens with one attached hydrogen (secondary N) is 2. The number of nitriles is 1. The van der Waals surface area contributed by atoms with E-state index in [1.165, 1.54) is 18.3 Å². The van der Waals surface area contributed by atoms with Crippen LogP contribution in [0, 0.1) is 17.2 Å². The molecule has 1 amide bonds. The van der Waals surface area contributed by atoms with Crippen LogP contribution in [0.4, 0.5) is 0 Å². The van der Waals surface area contributed by atoms with Gasteiger partial charge in [-0.15, -0.1) is 11.3 Å². The molecule has 2 aliphatic rings. The van der Waals surface area contributed by atoms with E-state index in [-0.39, 0.29) is 24.3 Å². The number of carbonyl (C=O) groups excluding carboxylic acids is 2. The number of hydrogen-bond donors (Lipinski definition) is 3. The number of esters is 1. The maximum Gasteiger partial charge on any atom is 0.314 e. The van der Waals surface area contributed by atoms with E-state index in [0.717, 1.165) is 29.5 Å². The molecule has 1 aliphatic carbocycles. The average Bonchev–Trinajstić information content (AvgIpc) is 3.28. The summed E-state index contributed by atoms with van der Waals surface area (Å²) in [6.45, 7) is 3.37. The average molecular weight is 422 g/mol. The van der Waals surface area contributed by atoms with Crippen molar-refractivity contribution in [2.24, 2.45) is 5.92 Å². The van der Waals surface area contributed by atoms with Crippen molar-refractivity contribution < 1.29 is 19.4 Å². The second-order valence-corrected chi connectivity index (χ2v) is 8.95. The Balaban J connectivity index is 1.93. The monoisotopic (exact) mass is 421 g/mol. The molecule has 0 saturated heterocycles. The second kappa shape index (κ2) is 8.55. The predicted molar refractivity (Wildman–Crippen MR) is 107 cm³/mol. The van der Waals surface area contributed by atoms with Crippen LogP contribution >= 0.6 is 23.1 Å². The van der Waals surface area contributed by atoms with Gasteiger partial charge in [0.15, 0.2) is 0 Å². The van der Waals surface area contributed by atoms with Crippen molar-refractivity contribution in [3.8, 4) is 6.07 Å². The molecule has 0 unspecified atom stereocenters. The van der Waals surface area contributed by atoms with E-state index in [1.807, 2.05) is 17.5 Å². The zero-order chi connectivity index (χ0) is 20.3. The zero-order valence-electron chi connectivity index (χ0n) is 15.7. The van der Waals surface area contributed by atoms with E-state index < -0.39 is 23.5 Å². The van der Waals surface area contributed by atoms with E-state index in [2.05, 4.69) is 16.7 Å². The Hall–Kier alpha value is -2.02. The van der Waals surface area contributed by atoms with E-state index in [0.29, 0.717) is 10.6 Å². The molecule has 0 spiro atoms. The number of hydrogen-bond acceptors (Lipinski definition) is 8. The Morgan fingerprint density at radius 2 is 2.29 bits per heavy atom. The lowest BCUT2D eigenvalue weighted by molar-refractivity contribution is -0.160. The first-order chi connectivity index (χ1) is 13.4. The highest BCUT2D eigenvalue weighted by Gasteiger charge is 2.51. The minimum atomic E-state index is -1.63. The quantitative estimate of drug-likeness (QED) is 0.578. The Bertz CT molecular complexity index is 810. The van der Waals surface area contributed by atoms with E-state index >= 15 is 0 Å². The van der Waals surface area contributed by atoms with Crippen molar-refractivity contribution in [1.82, 2.24) is 10.6 Å². The van der Waals surface area contributed by atoms with Gasteiger partial charge in [0.05, 0.1) is 29.0 Å². The van der Waals surface area contributed by atoms with Gasteiger partial charge in [-0.1, -0.05) is 17.8 Å². The number of thiophene rings is 1. The number of amides is 1. The van der Waals surface area contributed by atoms with Crippen LogP contribution in [0.15, 0.2) is 28.1 Å². The van der Waals surface area contributed by atoms with Crippen LogP contribution in [-0.4, -0.2) is 41.1 Å². The van der Waals surface area contributed by atoms with Crippen molar-refractivity contribution in [2.75, 3.05) is 12.4 Å². The predicted octanol–water partition coefficient (Wildman–Crippen LogP) is 2.07. The Labute approximate surface area is 172 Å². The number of thioether (sulfide) groups is 1. The van der Waals surface area contributed by atoms with E-state index in [9.17, 15) is 20.0 Å². The van der Waals surface area contributed by atoms with Gasteiger partial charge >= 0.3 is 5.97 Å². The Morgan fingerprint density at radius 1 is 1.54 bits per heavy atom. The van der Waals surface area contributed by atoms with Gasteiger partial charge in [-0.3, -0.25) is 9.59 Å². The molecule has 2 heterocycles. The van der Waals surface area contributed by atoms with E-state index in [1.54, 1.807) is 6.92 Å². The smallest absolute Gasteiger partial charge is 0.314 e. The molecule has 1 saturated carbocycles. The van der Waals surface area contributed by atoms with Gasteiger partial charge in [-0.25, -0.2) is 0 Å². The Kier molecular flexibility index (Phi) is 6.33. The summed E-state index contributed by atoms with van der Waals surface area (Å²) in [5.74, 6) is -2.18. The first-order valence-electron chi connectivity index (χ1n) is 9.14. The summed E-state index contributed by atoms with van der Waals surface area (Å²) in [6, 6.07) is 6.12. The molecular formula is C19H23N3O4S2. The minimum absolute atomic E-state index is 0.112. The number of allylic oxidation sites excluding steroid dienone is 1. The third-order valence-corrected chi connectivity index (χ3v) is 6.63. The van der Waals surface area contributed by atoms with Gasteiger partial charge in [0.2, 0.25) is 5.91 Å². The zero-order valence-corrected chi connectivity index (χ0v) is 17.4. The molecule has 28 heavy (non-hydrogen) atoms. The first kappa shape index (κ1) is 20.7. The molecule has 0 bridgehead atoms. The third kappa shape index (κ3) is 4.51. The number of nitrogens with zero attached hydrogens (tertiary/aromatic N) is 1. The van der Waals surface area contributed by atoms with Crippen LogP contribution in [-0.2, 0) is 14.3 Å². The second-order valence-electron chi connectivity index (χ2n) is 6.98. The molecule has 1 fully saturated rings. The molecule has 3 N–H and O–H groups in total. The van der Waals surface area contributed by atoms with Gasteiger partial charge in [0.1, 0.15) is 11.6 Å². The van der Waals surface area contributed by atoms with Crippen LogP contribution in [0.3, 0.4) is 0 Å². The lowest BCUT2D eigenvalue weighted by atomic mass is 9.76. The summed E-state index contributed by atoms with van der Waals surface area (Å²) in [4.78, 5) is 25.5. The van der Waals surface area contributed by atoms with Crippen LogP contribution in [0.2, 0.25) is 0 Å². The molecule has 0 aromatic carbocycles.